The Labute approximate surface area is 244 Å². The van der Waals surface area contributed by atoms with Gasteiger partial charge in [-0.3, -0.25) is 9.59 Å². The third-order valence-corrected chi connectivity index (χ3v) is 6.61. The van der Waals surface area contributed by atoms with Crippen molar-refractivity contribution in [1.29, 1.82) is 0 Å². The van der Waals surface area contributed by atoms with Crippen molar-refractivity contribution in [2.45, 2.75) is 58.7 Å². The van der Waals surface area contributed by atoms with Crippen LogP contribution in [0.2, 0.25) is 5.02 Å². The summed E-state index contributed by atoms with van der Waals surface area (Å²) >= 11 is 6.57. The van der Waals surface area contributed by atoms with Crippen molar-refractivity contribution in [3.63, 3.8) is 0 Å². The maximum absolute atomic E-state index is 13.5. The lowest BCUT2D eigenvalue weighted by atomic mass is 9.99. The number of pyridine rings is 1. The number of alkyl carbamates (subject to hydrolysis) is 1. The Balaban J connectivity index is 1.60. The average Bonchev–Trinajstić information content (AvgIpc) is 3.44. The Morgan fingerprint density at radius 2 is 1.73 bits per heavy atom. The first-order valence-electron chi connectivity index (χ1n) is 13.3. The zero-order valence-corrected chi connectivity index (χ0v) is 24.5. The molecule has 0 saturated heterocycles. The molecule has 10 heteroatoms. The molecule has 0 bridgehead atoms. The highest BCUT2D eigenvalue weighted by Gasteiger charge is 2.26. The highest BCUT2D eigenvalue weighted by Crippen LogP contribution is 2.27. The van der Waals surface area contributed by atoms with Crippen molar-refractivity contribution in [3.8, 4) is 16.8 Å². The molecule has 2 amide bonds. The van der Waals surface area contributed by atoms with Crippen molar-refractivity contribution in [2.24, 2.45) is 0 Å². The highest BCUT2D eigenvalue weighted by molar-refractivity contribution is 6.31. The number of halogens is 1. The molecule has 214 valence electrons. The Morgan fingerprint density at radius 3 is 2.37 bits per heavy atom. The van der Waals surface area contributed by atoms with Gasteiger partial charge >= 0.3 is 6.09 Å². The molecule has 41 heavy (non-hydrogen) atoms. The number of carbonyl (C=O) groups excluding carboxylic acids is 2. The van der Waals surface area contributed by atoms with E-state index in [4.69, 9.17) is 16.3 Å². The normalized spacial score (nSPS) is 12.2. The van der Waals surface area contributed by atoms with E-state index >= 15 is 0 Å². The van der Waals surface area contributed by atoms with Gasteiger partial charge in [0.1, 0.15) is 11.6 Å². The molecule has 0 spiro atoms. The third kappa shape index (κ3) is 7.85. The van der Waals surface area contributed by atoms with Gasteiger partial charge in [0.15, 0.2) is 0 Å². The fraction of sp³-hybridized carbons (Fsp3) is 0.290. The molecule has 1 unspecified atom stereocenters. The van der Waals surface area contributed by atoms with Crippen molar-refractivity contribution in [3.05, 3.63) is 100 Å². The van der Waals surface area contributed by atoms with Crippen LogP contribution in [0.3, 0.4) is 0 Å². The van der Waals surface area contributed by atoms with Crippen LogP contribution in [0, 0.1) is 0 Å². The number of hydrogen-bond donors (Lipinski definition) is 2. The largest absolute Gasteiger partial charge is 0.444 e. The van der Waals surface area contributed by atoms with E-state index in [1.165, 1.54) is 6.07 Å². The lowest BCUT2D eigenvalue weighted by Gasteiger charge is -2.24. The number of nitrogens with one attached hydrogen (secondary N) is 2. The number of aromatic nitrogens is 3. The number of benzene rings is 2. The summed E-state index contributed by atoms with van der Waals surface area (Å²) in [6, 6.07) is 15.0. The molecule has 4 aromatic rings. The second kappa shape index (κ2) is 12.4. The quantitative estimate of drug-likeness (QED) is 0.267. The monoisotopic (exact) mass is 575 g/mol. The van der Waals surface area contributed by atoms with Gasteiger partial charge in [0.05, 0.1) is 6.33 Å². The van der Waals surface area contributed by atoms with Crippen molar-refractivity contribution in [2.75, 3.05) is 5.32 Å². The molecule has 4 rings (SSSR count). The summed E-state index contributed by atoms with van der Waals surface area (Å²) in [7, 11) is 0. The van der Waals surface area contributed by atoms with Crippen molar-refractivity contribution >= 4 is 29.3 Å². The first-order valence-corrected chi connectivity index (χ1v) is 13.7. The maximum Gasteiger partial charge on any atom is 0.408 e. The Morgan fingerprint density at radius 1 is 1.02 bits per heavy atom. The number of hydrogen-bond acceptors (Lipinski definition) is 5. The molecule has 0 aliphatic rings. The molecular weight excluding hydrogens is 542 g/mol. The van der Waals surface area contributed by atoms with Gasteiger partial charge in [-0.1, -0.05) is 17.7 Å². The number of nitrogens with zero attached hydrogens (tertiary/aromatic N) is 3. The van der Waals surface area contributed by atoms with Gasteiger partial charge in [-0.15, -0.1) is 0 Å². The van der Waals surface area contributed by atoms with E-state index in [1.54, 1.807) is 68.3 Å². The number of anilines is 1. The van der Waals surface area contributed by atoms with E-state index in [0.29, 0.717) is 16.3 Å². The molecule has 0 saturated carbocycles. The number of amides is 2. The SMILES string of the molecule is CC(C)n1cc(-c2ccc(Cl)c(CC(NC(=O)OC(C)(C)C)C(=O)Nc3ccc(-n4ccnc4)cc3)c2)ccc1=O. The number of rotatable bonds is 8. The summed E-state index contributed by atoms with van der Waals surface area (Å²) in [4.78, 5) is 42.5. The number of carbonyl (C=O) groups is 2. The lowest BCUT2D eigenvalue weighted by molar-refractivity contribution is -0.118. The highest BCUT2D eigenvalue weighted by atomic mass is 35.5. The second-order valence-electron chi connectivity index (χ2n) is 11.0. The van der Waals surface area contributed by atoms with Crippen LogP contribution in [0.5, 0.6) is 0 Å². The zero-order valence-electron chi connectivity index (χ0n) is 23.7. The Bertz CT molecular complexity index is 1570. The summed E-state index contributed by atoms with van der Waals surface area (Å²) in [5.41, 5.74) is 2.92. The van der Waals surface area contributed by atoms with Gasteiger partial charge in [0.25, 0.3) is 5.56 Å². The maximum atomic E-state index is 13.5. The second-order valence-corrected chi connectivity index (χ2v) is 11.4. The molecule has 2 heterocycles. The van der Waals surface area contributed by atoms with Crippen LogP contribution in [-0.2, 0) is 16.0 Å². The summed E-state index contributed by atoms with van der Waals surface area (Å²) < 4.78 is 8.93. The summed E-state index contributed by atoms with van der Waals surface area (Å²) in [6.45, 7) is 9.13. The molecule has 2 aromatic carbocycles. The van der Waals surface area contributed by atoms with Crippen LogP contribution in [-0.4, -0.2) is 37.8 Å². The zero-order chi connectivity index (χ0) is 29.7. The molecule has 0 radical (unpaired) electrons. The van der Waals surface area contributed by atoms with Gasteiger partial charge < -0.3 is 24.5 Å². The van der Waals surface area contributed by atoms with E-state index in [0.717, 1.165) is 16.8 Å². The summed E-state index contributed by atoms with van der Waals surface area (Å²) in [5.74, 6) is -0.430. The van der Waals surface area contributed by atoms with Crippen molar-refractivity contribution < 1.29 is 14.3 Å². The molecule has 9 nitrogen and oxygen atoms in total. The molecular formula is C31H34ClN5O4. The smallest absolute Gasteiger partial charge is 0.408 e. The van der Waals surface area contributed by atoms with Gasteiger partial charge in [-0.05, 0) is 93.8 Å². The minimum Gasteiger partial charge on any atom is -0.444 e. The third-order valence-electron chi connectivity index (χ3n) is 6.24. The van der Waals surface area contributed by atoms with E-state index in [2.05, 4.69) is 15.6 Å². The number of ether oxygens (including phenoxy) is 1. The van der Waals surface area contributed by atoms with Crippen molar-refractivity contribution in [1.82, 2.24) is 19.4 Å². The fourth-order valence-corrected chi connectivity index (χ4v) is 4.42. The fourth-order valence-electron chi connectivity index (χ4n) is 4.23. The Hall–Kier alpha value is -4.37. The van der Waals surface area contributed by atoms with E-state index in [9.17, 15) is 14.4 Å². The molecule has 2 aromatic heterocycles. The van der Waals surface area contributed by atoms with Crippen LogP contribution in [0.4, 0.5) is 10.5 Å². The van der Waals surface area contributed by atoms with Crippen LogP contribution < -0.4 is 16.2 Å². The number of imidazole rings is 1. The van der Waals surface area contributed by atoms with Gasteiger partial charge in [0.2, 0.25) is 5.91 Å². The predicted molar refractivity (Wildman–Crippen MR) is 161 cm³/mol. The van der Waals surface area contributed by atoms with Gasteiger partial charge in [0, 0.05) is 53.5 Å². The molecule has 2 N–H and O–H groups in total. The Kier molecular flexibility index (Phi) is 8.98. The predicted octanol–water partition coefficient (Wildman–Crippen LogP) is 6.01. The van der Waals surface area contributed by atoms with Crippen LogP contribution in [0.25, 0.3) is 16.8 Å². The van der Waals surface area contributed by atoms with Crippen LogP contribution in [0.1, 0.15) is 46.2 Å². The van der Waals surface area contributed by atoms with Gasteiger partial charge in [-0.2, -0.15) is 0 Å². The van der Waals surface area contributed by atoms with Gasteiger partial charge in [-0.25, -0.2) is 9.78 Å². The summed E-state index contributed by atoms with van der Waals surface area (Å²) in [5, 5.41) is 6.03. The van der Waals surface area contributed by atoms with Crippen LogP contribution in [0.15, 0.2) is 84.3 Å². The summed E-state index contributed by atoms with van der Waals surface area (Å²) in [6.07, 6.45) is 6.38. The molecule has 0 fully saturated rings. The first kappa shape index (κ1) is 29.6. The molecule has 0 aliphatic carbocycles. The van der Waals surface area contributed by atoms with E-state index in [-0.39, 0.29) is 18.0 Å². The minimum absolute atomic E-state index is 0.00524. The minimum atomic E-state index is -0.990. The van der Waals surface area contributed by atoms with E-state index < -0.39 is 23.6 Å². The molecule has 1 atom stereocenters. The van der Waals surface area contributed by atoms with E-state index in [1.807, 2.05) is 48.9 Å². The average molecular weight is 576 g/mol. The standard InChI is InChI=1S/C31H34ClN5O4/c1-20(2)37-18-22(7-13-28(37)38)21-6-12-26(32)23(16-21)17-27(35-30(40)41-31(3,4)5)29(39)34-24-8-10-25(11-9-24)36-15-14-33-19-36/h6-16,18-20,27H,17H2,1-5H3,(H,34,39)(H,35,40). The first-order chi connectivity index (χ1) is 19.4. The topological polar surface area (TPSA) is 107 Å². The van der Waals surface area contributed by atoms with Crippen LogP contribution >= 0.6 is 11.6 Å². The lowest BCUT2D eigenvalue weighted by Crippen LogP contribution is -2.47. The molecule has 0 aliphatic heterocycles.